The molecule has 1 amide bonds. The van der Waals surface area contributed by atoms with Crippen LogP contribution in [0.3, 0.4) is 0 Å². The normalized spacial score (nSPS) is 23.9. The molecule has 2 N–H and O–H groups in total. The third-order valence-corrected chi connectivity index (χ3v) is 9.72. The largest absolute Gasteiger partial charge is 0.402 e. The van der Waals surface area contributed by atoms with E-state index >= 15 is 0 Å². The lowest BCUT2D eigenvalue weighted by molar-refractivity contribution is -0.160. The van der Waals surface area contributed by atoms with E-state index in [1.54, 1.807) is 6.08 Å². The first-order chi connectivity index (χ1) is 20.8. The second-order valence-corrected chi connectivity index (χ2v) is 12.2. The van der Waals surface area contributed by atoms with E-state index in [-0.39, 0.29) is 53.5 Å². The standard InChI is InChI=1S/C30H25F3N6O3S/c31-30(32,33)29(10-11-29)27-36-23(26(43-27)39-12-13-41-22-15-21(22)39)25-37-38-28(42-25)35-20-14-18(16-6-2-1-3-7-16)17-8-4-5-9-19(17)34-24(20)40/h1-9,14,20-22H,10-13,15H2,(H,34,40)(H,35,38)/t20-,21+,22-/m0/s1. The van der Waals surface area contributed by atoms with Crippen LogP contribution in [0.4, 0.5) is 29.9 Å². The molecule has 0 spiro atoms. The number of aromatic nitrogens is 3. The fraction of sp³-hybridized carbons (Fsp3) is 0.333. The van der Waals surface area contributed by atoms with Gasteiger partial charge in [-0.05, 0) is 42.5 Å². The Morgan fingerprint density at radius 2 is 1.86 bits per heavy atom. The number of morpholine rings is 1. The maximum atomic E-state index is 14.1. The van der Waals surface area contributed by atoms with Crippen molar-refractivity contribution in [3.8, 4) is 11.6 Å². The van der Waals surface area contributed by atoms with Crippen molar-refractivity contribution in [2.24, 2.45) is 0 Å². The molecule has 2 aromatic heterocycles. The number of ether oxygens (including phenoxy) is 1. The summed E-state index contributed by atoms with van der Waals surface area (Å²) in [5, 5.41) is 14.8. The summed E-state index contributed by atoms with van der Waals surface area (Å²) in [6.07, 6.45) is -1.72. The summed E-state index contributed by atoms with van der Waals surface area (Å²) in [7, 11) is 0. The van der Waals surface area contributed by atoms with Gasteiger partial charge in [0.2, 0.25) is 0 Å². The fourth-order valence-corrected chi connectivity index (χ4v) is 7.25. The van der Waals surface area contributed by atoms with Gasteiger partial charge in [0.05, 0.1) is 18.8 Å². The Morgan fingerprint density at radius 1 is 1.07 bits per heavy atom. The van der Waals surface area contributed by atoms with Gasteiger partial charge in [-0.25, -0.2) is 4.98 Å². The molecule has 0 radical (unpaired) electrons. The van der Waals surface area contributed by atoms with E-state index in [4.69, 9.17) is 9.15 Å². The summed E-state index contributed by atoms with van der Waals surface area (Å²) >= 11 is 1.04. The van der Waals surface area contributed by atoms with E-state index in [0.717, 1.165) is 34.5 Å². The number of carbonyl (C=O) groups excluding carboxylic acids is 1. The van der Waals surface area contributed by atoms with Crippen molar-refractivity contribution in [1.29, 1.82) is 0 Å². The zero-order valence-electron chi connectivity index (χ0n) is 22.6. The van der Waals surface area contributed by atoms with Crippen molar-refractivity contribution in [1.82, 2.24) is 15.2 Å². The number of alkyl halides is 3. The molecule has 1 saturated heterocycles. The van der Waals surface area contributed by atoms with Gasteiger partial charge in [0, 0.05) is 17.8 Å². The van der Waals surface area contributed by atoms with Crippen LogP contribution in [0, 0.1) is 0 Å². The van der Waals surface area contributed by atoms with Crippen molar-refractivity contribution < 1.29 is 27.1 Å². The second-order valence-electron chi connectivity index (χ2n) is 11.2. The summed E-state index contributed by atoms with van der Waals surface area (Å²) in [6.45, 7) is 1.01. The van der Waals surface area contributed by atoms with Gasteiger partial charge in [0.15, 0.2) is 5.69 Å². The van der Waals surface area contributed by atoms with Crippen molar-refractivity contribution in [3.63, 3.8) is 0 Å². The lowest BCUT2D eigenvalue weighted by Crippen LogP contribution is -2.36. The maximum Gasteiger partial charge on any atom is 0.400 e. The van der Waals surface area contributed by atoms with Gasteiger partial charge in [-0.15, -0.1) is 5.10 Å². The van der Waals surface area contributed by atoms with Crippen LogP contribution in [-0.4, -0.2) is 58.6 Å². The van der Waals surface area contributed by atoms with Gasteiger partial charge in [0.1, 0.15) is 21.5 Å². The molecule has 0 bridgehead atoms. The van der Waals surface area contributed by atoms with Crippen LogP contribution in [0.2, 0.25) is 0 Å². The molecular formula is C30H25F3N6O3S. The highest BCUT2D eigenvalue weighted by Crippen LogP contribution is 2.61. The molecule has 3 atom stereocenters. The van der Waals surface area contributed by atoms with Crippen LogP contribution in [0.25, 0.3) is 17.2 Å². The van der Waals surface area contributed by atoms with E-state index in [1.165, 1.54) is 0 Å². The fourth-order valence-electron chi connectivity index (χ4n) is 5.84. The summed E-state index contributed by atoms with van der Waals surface area (Å²) in [4.78, 5) is 19.8. The second kappa shape index (κ2) is 9.64. The first kappa shape index (κ1) is 26.4. The monoisotopic (exact) mass is 606 g/mol. The summed E-state index contributed by atoms with van der Waals surface area (Å²) in [5.74, 6) is -0.338. The number of amides is 1. The van der Waals surface area contributed by atoms with Crippen LogP contribution in [-0.2, 0) is 14.9 Å². The average molecular weight is 607 g/mol. The molecule has 9 nitrogen and oxygen atoms in total. The lowest BCUT2D eigenvalue weighted by atomic mass is 9.96. The van der Waals surface area contributed by atoms with Crippen molar-refractivity contribution in [2.45, 2.75) is 49.0 Å². The molecule has 2 saturated carbocycles. The van der Waals surface area contributed by atoms with E-state index < -0.39 is 17.6 Å². The Kier molecular flexibility index (Phi) is 5.92. The first-order valence-corrected chi connectivity index (χ1v) is 14.9. The maximum absolute atomic E-state index is 14.1. The predicted octanol–water partition coefficient (Wildman–Crippen LogP) is 5.63. The number of para-hydroxylation sites is 1. The predicted molar refractivity (Wildman–Crippen MR) is 154 cm³/mol. The topological polar surface area (TPSA) is 105 Å². The van der Waals surface area contributed by atoms with E-state index in [0.29, 0.717) is 23.8 Å². The molecule has 4 aliphatic rings. The zero-order valence-corrected chi connectivity index (χ0v) is 23.4. The van der Waals surface area contributed by atoms with E-state index in [2.05, 4.69) is 30.7 Å². The molecule has 4 heterocycles. The van der Waals surface area contributed by atoms with E-state index in [9.17, 15) is 18.0 Å². The van der Waals surface area contributed by atoms with Gasteiger partial charge in [-0.3, -0.25) is 4.79 Å². The first-order valence-electron chi connectivity index (χ1n) is 14.0. The van der Waals surface area contributed by atoms with Crippen LogP contribution in [0.15, 0.2) is 65.1 Å². The molecule has 43 heavy (non-hydrogen) atoms. The number of nitrogens with zero attached hydrogens (tertiary/aromatic N) is 4. The molecule has 8 rings (SSSR count). The number of anilines is 3. The number of thiazole rings is 1. The molecule has 13 heteroatoms. The third kappa shape index (κ3) is 4.49. The third-order valence-electron chi connectivity index (χ3n) is 8.42. The minimum absolute atomic E-state index is 0.00393. The molecule has 2 aromatic carbocycles. The lowest BCUT2D eigenvalue weighted by Gasteiger charge is -2.27. The van der Waals surface area contributed by atoms with Crippen LogP contribution < -0.4 is 15.5 Å². The Balaban J connectivity index is 1.14. The number of fused-ring (bicyclic) bond motifs is 2. The highest BCUT2D eigenvalue weighted by molar-refractivity contribution is 7.16. The molecule has 4 aromatic rings. The zero-order chi connectivity index (χ0) is 29.3. The number of rotatable bonds is 6. The smallest absolute Gasteiger partial charge is 0.400 e. The number of halogens is 3. The Morgan fingerprint density at radius 3 is 2.65 bits per heavy atom. The highest BCUT2D eigenvalue weighted by atomic mass is 32.1. The SMILES string of the molecule is O=C1Nc2ccccc2C(c2ccccc2)=C[C@@H]1Nc1nnc(-c2nc(C3(C(F)(F)F)CC3)sc2N2CCO[C@H]3C[C@H]32)o1. The molecule has 0 unspecified atom stereocenters. The Bertz CT molecular complexity index is 1750. The summed E-state index contributed by atoms with van der Waals surface area (Å²) < 4.78 is 53.9. The summed E-state index contributed by atoms with van der Waals surface area (Å²) in [5.41, 5.74) is 1.58. The van der Waals surface area contributed by atoms with Gasteiger partial charge < -0.3 is 24.7 Å². The molecule has 2 aliphatic heterocycles. The van der Waals surface area contributed by atoms with Crippen LogP contribution in [0.5, 0.6) is 0 Å². The van der Waals surface area contributed by atoms with Gasteiger partial charge in [-0.1, -0.05) is 65.0 Å². The van der Waals surface area contributed by atoms with Crippen molar-refractivity contribution >= 4 is 39.5 Å². The van der Waals surface area contributed by atoms with Gasteiger partial charge in [-0.2, -0.15) is 13.2 Å². The quantitative estimate of drug-likeness (QED) is 0.291. The van der Waals surface area contributed by atoms with Crippen molar-refractivity contribution in [3.05, 3.63) is 76.8 Å². The number of benzene rings is 2. The van der Waals surface area contributed by atoms with E-state index in [1.807, 2.05) is 54.6 Å². The average Bonchev–Trinajstić information content (AvgIpc) is 3.90. The van der Waals surface area contributed by atoms with Gasteiger partial charge >= 0.3 is 12.2 Å². The molecule has 220 valence electrons. The van der Waals surface area contributed by atoms with Gasteiger partial charge in [0.25, 0.3) is 11.8 Å². The minimum Gasteiger partial charge on any atom is -0.402 e. The van der Waals surface area contributed by atoms with Crippen molar-refractivity contribution in [2.75, 3.05) is 28.7 Å². The number of hydrogen-bond donors (Lipinski definition) is 2. The Labute approximate surface area is 247 Å². The number of carbonyl (C=O) groups is 1. The number of hydrogen-bond acceptors (Lipinski definition) is 9. The molecular weight excluding hydrogens is 581 g/mol. The summed E-state index contributed by atoms with van der Waals surface area (Å²) in [6, 6.07) is 16.4. The van der Waals surface area contributed by atoms with Crippen LogP contribution in [0.1, 0.15) is 35.4 Å². The molecule has 3 fully saturated rings. The Hall–Kier alpha value is -4.23. The minimum atomic E-state index is -4.40. The number of nitrogens with one attached hydrogen (secondary N) is 2. The highest BCUT2D eigenvalue weighted by Gasteiger charge is 2.66. The van der Waals surface area contributed by atoms with Crippen LogP contribution >= 0.6 is 11.3 Å². The molecule has 2 aliphatic carbocycles.